The van der Waals surface area contributed by atoms with Gasteiger partial charge in [-0.3, -0.25) is 4.79 Å². The number of amides is 1. The van der Waals surface area contributed by atoms with Gasteiger partial charge in [-0.05, 0) is 43.0 Å². The predicted octanol–water partition coefficient (Wildman–Crippen LogP) is 4.39. The lowest BCUT2D eigenvalue weighted by atomic mass is 9.74. The second-order valence-electron chi connectivity index (χ2n) is 6.68. The molecule has 1 amide bonds. The molecule has 0 atom stereocenters. The van der Waals surface area contributed by atoms with Gasteiger partial charge in [0, 0.05) is 35.1 Å². The van der Waals surface area contributed by atoms with Crippen LogP contribution >= 0.6 is 11.6 Å². The minimum absolute atomic E-state index is 0.122. The normalized spacial score (nSPS) is 20.4. The number of nitrogens with one attached hydrogen (secondary N) is 1. The molecule has 0 saturated heterocycles. The number of nitrogens with zero attached hydrogens (tertiary/aromatic N) is 1. The number of hydrogen-bond acceptors (Lipinski definition) is 1. The summed E-state index contributed by atoms with van der Waals surface area (Å²) in [6.45, 7) is 2.53. The monoisotopic (exact) mass is 316 g/mol. The van der Waals surface area contributed by atoms with E-state index >= 15 is 0 Å². The molecule has 0 radical (unpaired) electrons. The van der Waals surface area contributed by atoms with Crippen molar-refractivity contribution < 1.29 is 4.79 Å². The number of carbonyl (C=O) groups is 1. The molecule has 1 N–H and O–H groups in total. The van der Waals surface area contributed by atoms with Gasteiger partial charge in [0.05, 0.1) is 5.54 Å². The molecule has 0 bridgehead atoms. The van der Waals surface area contributed by atoms with Gasteiger partial charge in [-0.1, -0.05) is 30.9 Å². The van der Waals surface area contributed by atoms with E-state index in [1.165, 1.54) is 35.9 Å². The fourth-order valence-corrected chi connectivity index (χ4v) is 4.74. The number of H-pyrrole nitrogens is 1. The molecule has 4 heteroatoms. The molecule has 0 unspecified atom stereocenters. The van der Waals surface area contributed by atoms with Gasteiger partial charge in [-0.2, -0.15) is 0 Å². The Labute approximate surface area is 135 Å². The van der Waals surface area contributed by atoms with Crippen LogP contribution in [0.15, 0.2) is 18.2 Å². The van der Waals surface area contributed by atoms with Crippen LogP contribution in [0.25, 0.3) is 10.9 Å². The van der Waals surface area contributed by atoms with E-state index in [0.29, 0.717) is 0 Å². The zero-order valence-corrected chi connectivity index (χ0v) is 13.7. The fraction of sp³-hybridized carbons (Fsp3) is 0.500. The predicted molar refractivity (Wildman–Crippen MR) is 89.2 cm³/mol. The van der Waals surface area contributed by atoms with Crippen LogP contribution in [0.1, 0.15) is 50.3 Å². The SMILES string of the molecule is CC(=O)N1CCc2c([nH]c3ccc(Cl)cc23)C12CCCCC2. The number of fused-ring (bicyclic) bond motifs is 4. The lowest BCUT2D eigenvalue weighted by Crippen LogP contribution is -2.53. The topological polar surface area (TPSA) is 36.1 Å². The second kappa shape index (κ2) is 5.02. The minimum Gasteiger partial charge on any atom is -0.356 e. The summed E-state index contributed by atoms with van der Waals surface area (Å²) in [6, 6.07) is 6.05. The van der Waals surface area contributed by atoms with Crippen molar-refractivity contribution in [3.63, 3.8) is 0 Å². The van der Waals surface area contributed by atoms with Crippen molar-refractivity contribution in [3.05, 3.63) is 34.5 Å². The van der Waals surface area contributed by atoms with E-state index in [4.69, 9.17) is 11.6 Å². The first-order chi connectivity index (χ1) is 10.6. The average Bonchev–Trinajstić information content (AvgIpc) is 2.87. The standard InChI is InChI=1S/C18H21ClN2O/c1-12(22)21-10-7-14-15-11-13(19)5-6-16(15)20-17(14)18(21)8-3-2-4-9-18/h5-6,11,20H,2-4,7-10H2,1H3. The highest BCUT2D eigenvalue weighted by Gasteiger charge is 2.46. The largest absolute Gasteiger partial charge is 0.356 e. The van der Waals surface area contributed by atoms with Crippen LogP contribution in [0.3, 0.4) is 0 Å². The van der Waals surface area contributed by atoms with E-state index in [1.54, 1.807) is 6.92 Å². The molecule has 1 fully saturated rings. The van der Waals surface area contributed by atoms with Gasteiger partial charge in [0.15, 0.2) is 0 Å². The third-order valence-corrected chi connectivity index (χ3v) is 5.73. The van der Waals surface area contributed by atoms with Crippen molar-refractivity contribution in [2.45, 2.75) is 51.0 Å². The Morgan fingerprint density at radius 2 is 2.05 bits per heavy atom. The first-order valence-electron chi connectivity index (χ1n) is 8.21. The molecule has 1 aliphatic carbocycles. The summed E-state index contributed by atoms with van der Waals surface area (Å²) in [5.41, 5.74) is 3.66. The third-order valence-electron chi connectivity index (χ3n) is 5.50. The smallest absolute Gasteiger partial charge is 0.220 e. The minimum atomic E-state index is -0.122. The zero-order valence-electron chi connectivity index (χ0n) is 12.9. The van der Waals surface area contributed by atoms with Crippen molar-refractivity contribution in [1.29, 1.82) is 0 Å². The second-order valence-corrected chi connectivity index (χ2v) is 7.12. The summed E-state index contributed by atoms with van der Waals surface area (Å²) < 4.78 is 0. The molecule has 1 saturated carbocycles. The number of rotatable bonds is 0. The van der Waals surface area contributed by atoms with E-state index in [9.17, 15) is 4.79 Å². The maximum Gasteiger partial charge on any atom is 0.220 e. The molecule has 1 aromatic carbocycles. The van der Waals surface area contributed by atoms with Gasteiger partial charge in [0.2, 0.25) is 5.91 Å². The first-order valence-corrected chi connectivity index (χ1v) is 8.58. The van der Waals surface area contributed by atoms with E-state index in [0.717, 1.165) is 36.3 Å². The van der Waals surface area contributed by atoms with E-state index in [2.05, 4.69) is 22.0 Å². The van der Waals surface area contributed by atoms with Crippen molar-refractivity contribution in [3.8, 4) is 0 Å². The summed E-state index contributed by atoms with van der Waals surface area (Å²) >= 11 is 6.20. The Kier molecular flexibility index (Phi) is 3.23. The highest BCUT2D eigenvalue weighted by Crippen LogP contribution is 2.47. The highest BCUT2D eigenvalue weighted by atomic mass is 35.5. The number of aromatic amines is 1. The van der Waals surface area contributed by atoms with E-state index in [1.807, 2.05) is 6.07 Å². The maximum absolute atomic E-state index is 12.2. The molecule has 1 aliphatic heterocycles. The zero-order chi connectivity index (χ0) is 15.3. The first kappa shape index (κ1) is 14.1. The third kappa shape index (κ3) is 1.91. The lowest BCUT2D eigenvalue weighted by Gasteiger charge is -2.49. The summed E-state index contributed by atoms with van der Waals surface area (Å²) in [5.74, 6) is 0.198. The Hall–Kier alpha value is -1.48. The summed E-state index contributed by atoms with van der Waals surface area (Å²) in [4.78, 5) is 18.0. The van der Waals surface area contributed by atoms with Crippen LogP contribution in [0.4, 0.5) is 0 Å². The quantitative estimate of drug-likeness (QED) is 0.769. The Morgan fingerprint density at radius 3 is 2.77 bits per heavy atom. The summed E-state index contributed by atoms with van der Waals surface area (Å²) in [5, 5.41) is 2.01. The number of benzene rings is 1. The number of hydrogen-bond donors (Lipinski definition) is 1. The van der Waals surface area contributed by atoms with Crippen molar-refractivity contribution in [2.24, 2.45) is 0 Å². The summed E-state index contributed by atoms with van der Waals surface area (Å²) in [6.07, 6.45) is 6.71. The van der Waals surface area contributed by atoms with E-state index < -0.39 is 0 Å². The fourth-order valence-electron chi connectivity index (χ4n) is 4.56. The van der Waals surface area contributed by atoms with Crippen LogP contribution in [-0.4, -0.2) is 22.3 Å². The molecule has 3 nitrogen and oxygen atoms in total. The van der Waals surface area contributed by atoms with Crippen LogP contribution in [0.5, 0.6) is 0 Å². The Morgan fingerprint density at radius 1 is 1.27 bits per heavy atom. The molecule has 2 aliphatic rings. The van der Waals surface area contributed by atoms with E-state index in [-0.39, 0.29) is 11.4 Å². The van der Waals surface area contributed by atoms with Gasteiger partial charge in [0.1, 0.15) is 0 Å². The highest BCUT2D eigenvalue weighted by molar-refractivity contribution is 6.31. The molecular formula is C18H21ClN2O. The summed E-state index contributed by atoms with van der Waals surface area (Å²) in [7, 11) is 0. The molecule has 1 aromatic heterocycles. The lowest BCUT2D eigenvalue weighted by molar-refractivity contribution is -0.138. The van der Waals surface area contributed by atoms with Gasteiger partial charge in [-0.25, -0.2) is 0 Å². The Balaban J connectivity index is 1.95. The maximum atomic E-state index is 12.2. The molecule has 116 valence electrons. The van der Waals surface area contributed by atoms with Gasteiger partial charge >= 0.3 is 0 Å². The van der Waals surface area contributed by atoms with Crippen LogP contribution in [0, 0.1) is 0 Å². The van der Waals surface area contributed by atoms with Gasteiger partial charge < -0.3 is 9.88 Å². The molecular weight excluding hydrogens is 296 g/mol. The van der Waals surface area contributed by atoms with Crippen LogP contribution in [0.2, 0.25) is 5.02 Å². The van der Waals surface area contributed by atoms with Crippen LogP contribution in [-0.2, 0) is 16.8 Å². The average molecular weight is 317 g/mol. The molecule has 22 heavy (non-hydrogen) atoms. The number of halogens is 1. The molecule has 2 aromatic rings. The van der Waals surface area contributed by atoms with Crippen molar-refractivity contribution >= 4 is 28.4 Å². The molecule has 1 spiro atoms. The van der Waals surface area contributed by atoms with Crippen LogP contribution < -0.4 is 0 Å². The molecule has 2 heterocycles. The van der Waals surface area contributed by atoms with Gasteiger partial charge in [0.25, 0.3) is 0 Å². The van der Waals surface area contributed by atoms with Gasteiger partial charge in [-0.15, -0.1) is 0 Å². The van der Waals surface area contributed by atoms with Crippen molar-refractivity contribution in [1.82, 2.24) is 9.88 Å². The number of carbonyl (C=O) groups excluding carboxylic acids is 1. The number of aromatic nitrogens is 1. The molecule has 4 rings (SSSR count). The Bertz CT molecular complexity index is 743. The van der Waals surface area contributed by atoms with Crippen molar-refractivity contribution in [2.75, 3.05) is 6.54 Å².